The van der Waals surface area contributed by atoms with Crippen LogP contribution in [0.2, 0.25) is 0 Å². The average molecular weight is 159 g/mol. The maximum atomic E-state index is 3.27. The van der Waals surface area contributed by atoms with Gasteiger partial charge < -0.3 is 4.98 Å². The number of hydrogen-bond donors (Lipinski definition) is 1. The number of benzene rings is 1. The number of nitrogens with one attached hydrogen (secondary N) is 1. The van der Waals surface area contributed by atoms with E-state index in [9.17, 15) is 0 Å². The molecule has 0 aliphatic carbocycles. The van der Waals surface area contributed by atoms with Gasteiger partial charge in [0.1, 0.15) is 0 Å². The summed E-state index contributed by atoms with van der Waals surface area (Å²) < 4.78 is 0. The van der Waals surface area contributed by atoms with Crippen LogP contribution in [-0.4, -0.2) is 4.98 Å². The Labute approximate surface area is 72.4 Å². The fourth-order valence-corrected chi connectivity index (χ4v) is 1.86. The van der Waals surface area contributed by atoms with E-state index in [2.05, 4.69) is 44.1 Å². The Morgan fingerprint density at radius 2 is 1.75 bits per heavy atom. The molecule has 0 radical (unpaired) electrons. The van der Waals surface area contributed by atoms with Crippen LogP contribution in [0.4, 0.5) is 0 Å². The number of aromatic amines is 1. The Hall–Kier alpha value is -1.24. The zero-order valence-corrected chi connectivity index (χ0v) is 7.73. The van der Waals surface area contributed by atoms with Crippen molar-refractivity contribution in [2.45, 2.75) is 20.8 Å². The fourth-order valence-electron chi connectivity index (χ4n) is 1.86. The van der Waals surface area contributed by atoms with Gasteiger partial charge in [0.2, 0.25) is 0 Å². The summed E-state index contributed by atoms with van der Waals surface area (Å²) in [5, 5.41) is 1.38. The Balaban J connectivity index is 2.93. The summed E-state index contributed by atoms with van der Waals surface area (Å²) in [5.41, 5.74) is 5.28. The molecule has 0 aliphatic rings. The van der Waals surface area contributed by atoms with Crippen LogP contribution in [0.25, 0.3) is 10.9 Å². The summed E-state index contributed by atoms with van der Waals surface area (Å²) in [7, 11) is 0. The van der Waals surface area contributed by atoms with Gasteiger partial charge in [-0.2, -0.15) is 0 Å². The maximum Gasteiger partial charge on any atom is 0.0462 e. The lowest BCUT2D eigenvalue weighted by Crippen LogP contribution is -1.79. The van der Waals surface area contributed by atoms with Crippen molar-refractivity contribution < 1.29 is 0 Å². The number of aromatic nitrogens is 1. The largest absolute Gasteiger partial charge is 0.361 e. The number of aryl methyl sites for hydroxylation is 3. The van der Waals surface area contributed by atoms with E-state index in [0.29, 0.717) is 0 Å². The first-order chi connectivity index (χ1) is 5.68. The van der Waals surface area contributed by atoms with Crippen molar-refractivity contribution >= 4 is 10.9 Å². The Bertz CT molecular complexity index is 424. The molecule has 1 nitrogen and oxygen atoms in total. The van der Waals surface area contributed by atoms with Crippen LogP contribution in [0.1, 0.15) is 16.7 Å². The van der Waals surface area contributed by atoms with Crippen molar-refractivity contribution in [2.75, 3.05) is 0 Å². The molecule has 0 bridgehead atoms. The van der Waals surface area contributed by atoms with E-state index in [1.165, 1.54) is 27.6 Å². The van der Waals surface area contributed by atoms with Gasteiger partial charge in [0.15, 0.2) is 0 Å². The second-order valence-electron chi connectivity index (χ2n) is 3.48. The molecule has 1 aromatic carbocycles. The zero-order chi connectivity index (χ0) is 8.72. The minimum absolute atomic E-state index is 1.25. The van der Waals surface area contributed by atoms with Crippen molar-refractivity contribution in [2.24, 2.45) is 0 Å². The molecule has 12 heavy (non-hydrogen) atoms. The fraction of sp³-hybridized carbons (Fsp3) is 0.273. The molecule has 0 unspecified atom stereocenters. The molecule has 0 atom stereocenters. The predicted molar refractivity (Wildman–Crippen MR) is 52.5 cm³/mol. The molecule has 0 saturated heterocycles. The first-order valence-corrected chi connectivity index (χ1v) is 4.23. The van der Waals surface area contributed by atoms with E-state index in [1.54, 1.807) is 0 Å². The monoisotopic (exact) mass is 159 g/mol. The van der Waals surface area contributed by atoms with Crippen LogP contribution in [-0.2, 0) is 0 Å². The van der Waals surface area contributed by atoms with E-state index in [-0.39, 0.29) is 0 Å². The van der Waals surface area contributed by atoms with E-state index in [1.807, 2.05) is 0 Å². The smallest absolute Gasteiger partial charge is 0.0462 e. The second kappa shape index (κ2) is 2.37. The van der Waals surface area contributed by atoms with Crippen molar-refractivity contribution in [3.63, 3.8) is 0 Å². The zero-order valence-electron chi connectivity index (χ0n) is 7.73. The van der Waals surface area contributed by atoms with Gasteiger partial charge in [-0.3, -0.25) is 0 Å². The van der Waals surface area contributed by atoms with Gasteiger partial charge in [0.05, 0.1) is 0 Å². The summed E-state index contributed by atoms with van der Waals surface area (Å²) in [6.07, 6.45) is 2.07. The van der Waals surface area contributed by atoms with Crippen LogP contribution in [0.15, 0.2) is 18.3 Å². The van der Waals surface area contributed by atoms with E-state index in [4.69, 9.17) is 0 Å². The highest BCUT2D eigenvalue weighted by molar-refractivity contribution is 5.86. The number of H-pyrrole nitrogens is 1. The first kappa shape index (κ1) is 7.41. The molecular formula is C11H13N. The van der Waals surface area contributed by atoms with Crippen LogP contribution in [0.3, 0.4) is 0 Å². The molecule has 1 aromatic heterocycles. The summed E-state index contributed by atoms with van der Waals surface area (Å²) in [6.45, 7) is 6.43. The normalized spacial score (nSPS) is 10.9. The average Bonchev–Trinajstić information content (AvgIpc) is 2.31. The van der Waals surface area contributed by atoms with E-state index in [0.717, 1.165) is 0 Å². The van der Waals surface area contributed by atoms with Gasteiger partial charge in [-0.05, 0) is 43.5 Å². The lowest BCUT2D eigenvalue weighted by molar-refractivity contribution is 1.40. The SMILES string of the molecule is Cc1cc(C)c2c(C)c[nH]c2c1. The highest BCUT2D eigenvalue weighted by Crippen LogP contribution is 2.22. The van der Waals surface area contributed by atoms with Crippen molar-refractivity contribution in [1.29, 1.82) is 0 Å². The number of fused-ring (bicyclic) bond motifs is 1. The Kier molecular flexibility index (Phi) is 1.47. The summed E-state index contributed by atoms with van der Waals surface area (Å²) in [5.74, 6) is 0. The van der Waals surface area contributed by atoms with Gasteiger partial charge in [-0.1, -0.05) is 6.07 Å². The van der Waals surface area contributed by atoms with Crippen molar-refractivity contribution in [1.82, 2.24) is 4.98 Å². The maximum absolute atomic E-state index is 3.27. The van der Waals surface area contributed by atoms with Gasteiger partial charge in [-0.25, -0.2) is 0 Å². The standard InChI is InChI=1S/C11H13N/c1-7-4-8(2)11-9(3)6-12-10(11)5-7/h4-6,12H,1-3H3. The van der Waals surface area contributed by atoms with Crippen LogP contribution in [0, 0.1) is 20.8 Å². The third-order valence-corrected chi connectivity index (χ3v) is 2.32. The molecule has 2 rings (SSSR count). The van der Waals surface area contributed by atoms with Crippen LogP contribution >= 0.6 is 0 Å². The lowest BCUT2D eigenvalue weighted by atomic mass is 10.1. The van der Waals surface area contributed by atoms with Gasteiger partial charge in [0, 0.05) is 17.1 Å². The minimum atomic E-state index is 1.25. The highest BCUT2D eigenvalue weighted by atomic mass is 14.7. The van der Waals surface area contributed by atoms with Crippen molar-refractivity contribution in [3.8, 4) is 0 Å². The molecule has 0 spiro atoms. The first-order valence-electron chi connectivity index (χ1n) is 4.23. The molecule has 62 valence electrons. The molecule has 0 aliphatic heterocycles. The Morgan fingerprint density at radius 1 is 1.00 bits per heavy atom. The number of hydrogen-bond acceptors (Lipinski definition) is 0. The topological polar surface area (TPSA) is 15.8 Å². The molecule has 0 amide bonds. The second-order valence-corrected chi connectivity index (χ2v) is 3.48. The molecule has 1 N–H and O–H groups in total. The van der Waals surface area contributed by atoms with Crippen LogP contribution in [0.5, 0.6) is 0 Å². The van der Waals surface area contributed by atoms with E-state index < -0.39 is 0 Å². The summed E-state index contributed by atoms with van der Waals surface area (Å²) in [6, 6.07) is 4.42. The highest BCUT2D eigenvalue weighted by Gasteiger charge is 2.02. The summed E-state index contributed by atoms with van der Waals surface area (Å²) >= 11 is 0. The lowest BCUT2D eigenvalue weighted by Gasteiger charge is -1.99. The molecular weight excluding hydrogens is 146 g/mol. The van der Waals surface area contributed by atoms with E-state index >= 15 is 0 Å². The summed E-state index contributed by atoms with van der Waals surface area (Å²) in [4.78, 5) is 3.27. The third-order valence-electron chi connectivity index (χ3n) is 2.32. The predicted octanol–water partition coefficient (Wildman–Crippen LogP) is 3.09. The quantitative estimate of drug-likeness (QED) is 0.608. The Morgan fingerprint density at radius 3 is 2.50 bits per heavy atom. The van der Waals surface area contributed by atoms with Gasteiger partial charge >= 0.3 is 0 Å². The third kappa shape index (κ3) is 0.934. The molecule has 1 heteroatoms. The van der Waals surface area contributed by atoms with Crippen molar-refractivity contribution in [3.05, 3.63) is 35.0 Å². The molecule has 2 aromatic rings. The molecule has 1 heterocycles. The minimum Gasteiger partial charge on any atom is -0.361 e. The van der Waals surface area contributed by atoms with Gasteiger partial charge in [0.25, 0.3) is 0 Å². The van der Waals surface area contributed by atoms with Gasteiger partial charge in [-0.15, -0.1) is 0 Å². The molecule has 0 fully saturated rings. The number of rotatable bonds is 0. The molecule has 0 saturated carbocycles. The van der Waals surface area contributed by atoms with Crippen LogP contribution < -0.4 is 0 Å².